The van der Waals surface area contributed by atoms with Gasteiger partial charge in [0.15, 0.2) is 0 Å². The van der Waals surface area contributed by atoms with Crippen molar-refractivity contribution in [2.45, 2.75) is 133 Å². The third-order valence-corrected chi connectivity index (χ3v) is 30.1. The number of anilines is 3. The second-order valence-corrected chi connectivity index (χ2v) is 40.7. The summed E-state index contributed by atoms with van der Waals surface area (Å²) >= 11 is 0. The smallest absolute Gasteiger partial charge is 0.258 e. The Morgan fingerprint density at radius 1 is 0.369 bits per heavy atom. The molecule has 5 fully saturated rings. The van der Waals surface area contributed by atoms with E-state index in [0.29, 0.717) is 91.9 Å². The van der Waals surface area contributed by atoms with Crippen molar-refractivity contribution in [3.05, 3.63) is 303 Å². The van der Waals surface area contributed by atoms with Gasteiger partial charge in [0.05, 0.1) is 127 Å². The fourth-order valence-corrected chi connectivity index (χ4v) is 22.3. The molecule has 0 amide bonds. The molecule has 5 aliphatic heterocycles. The Morgan fingerprint density at radius 2 is 0.799 bits per heavy atom. The maximum atomic E-state index is 13.1. The molecule has 20 aromatic rings. The third kappa shape index (κ3) is 20.6. The number of rotatable bonds is 15. The summed E-state index contributed by atoms with van der Waals surface area (Å²) in [6.07, 6.45) is 25.5. The molecule has 764 valence electrons. The van der Waals surface area contributed by atoms with Crippen molar-refractivity contribution in [1.29, 1.82) is 0 Å². The largest absolute Gasteiger partial charge is 0.370 e. The van der Waals surface area contributed by atoms with Crippen molar-refractivity contribution in [2.75, 3.05) is 126 Å². The molecule has 0 aliphatic carbocycles. The fourth-order valence-electron chi connectivity index (χ4n) is 22.3. The second-order valence-electron chi connectivity index (χ2n) is 40.7. The lowest BCUT2D eigenvalue weighted by atomic mass is 9.90. The van der Waals surface area contributed by atoms with E-state index in [4.69, 9.17) is 24.9 Å². The molecular weight excluding hydrogens is 1870 g/mol. The first-order valence-electron chi connectivity index (χ1n) is 52.0. The standard InChI is InChI=1S/C25H31N7O.C24H28N6O.C22H24N6O.C22H23N5O.C21H22N6O/c1-5-29(6-2)14-19-9-10-30(15-19)20-7-8-24-27-21(12-25(33)31(24)16-20)22-11-23-18(4)26-17(3)13-32(23)28-22;1-5-19-22-11-21(27-30(22)13-16(3)25-19)20-12-23(31)29-14-18(10-15(2)24(29)26-20)17-6-8-28(4)9-7-17;1-14-8-16(9-17-11-24-26(3)22(14)17)19-10-21(29)28-13-18(4-5-20(28)25-19)27-7-6-23-15(2)12-27;1-14-9-17(10-18-12-24-26(2)22(14)18)19-11-21(28)27-13-16(3-4-20(27)25-19)15-5-7-23-8-6-15;1-14-9-15(10-16-12-23-25(2)21(14)16)18-11-20(28)27-13-17(3-4-19(27)24-18)26-7-5-22-6-8-26/h7-8,11-13,16,19H,5-6,9-10,14-15H2,1-4H3;10-14,17H,5-9H2,1-4H3;4-5,8-11,13,15,23H,6-7,12H2,1-3H3;3-4,9-13,15,23H,5-8H2,1-2H3;3-4,9-13,22H,5-8H2,1-2H3/t19-;;15-;;/m0.0../s1. The van der Waals surface area contributed by atoms with E-state index in [-0.39, 0.29) is 27.8 Å². The summed E-state index contributed by atoms with van der Waals surface area (Å²) < 4.78 is 17.6. The normalized spacial score (nSPS) is 16.0. The first-order chi connectivity index (χ1) is 72.1. The zero-order valence-electron chi connectivity index (χ0n) is 87.5. The highest BCUT2D eigenvalue weighted by Gasteiger charge is 2.29. The monoisotopic (exact) mass is 2000 g/mol. The molecule has 0 radical (unpaired) electrons. The van der Waals surface area contributed by atoms with Crippen LogP contribution in [-0.2, 0) is 27.6 Å². The van der Waals surface area contributed by atoms with E-state index in [1.807, 2.05) is 188 Å². The van der Waals surface area contributed by atoms with Gasteiger partial charge in [-0.15, -0.1) is 0 Å². The van der Waals surface area contributed by atoms with E-state index in [1.165, 1.54) is 17.5 Å². The van der Waals surface area contributed by atoms with Crippen molar-refractivity contribution >= 4 is 89.0 Å². The minimum Gasteiger partial charge on any atom is -0.370 e. The zero-order valence-corrected chi connectivity index (χ0v) is 87.5. The van der Waals surface area contributed by atoms with Crippen LogP contribution in [0.15, 0.2) is 219 Å². The number of nitrogens with one attached hydrogen (secondary N) is 3. The molecule has 2 atom stereocenters. The predicted octanol–water partition coefficient (Wildman–Crippen LogP) is 13.9. The van der Waals surface area contributed by atoms with Crippen molar-refractivity contribution in [3.8, 4) is 56.5 Å². The molecule has 0 bridgehead atoms. The summed E-state index contributed by atoms with van der Waals surface area (Å²) in [5.41, 5.74) is 29.3. The SMILES string of the molecule is CCN(CC)C[C@@H]1CCN(c2ccc3nc(-c4cc5c(C)nc(C)cn5n4)cc(=O)n3c2)C1.CCc1nc(C)cn2nc(-c3cc(=O)n4cc(C5CCN(C)CC5)cc(C)c4n3)cc12.Cc1cc(-c2cc(=O)n3cc(C4CCNCC4)ccc3n2)cc2cnn(C)c12.Cc1cc(-c2cc(=O)n3cc(N4CCNCC4)ccc3n2)cc2cnn(C)c12.Cc1cc(-c2cc(=O)n3cc(N4CCN[C@@H](C)C4)ccc3n2)cc2cnn(C)c12. The first kappa shape index (κ1) is 99.3. The summed E-state index contributed by atoms with van der Waals surface area (Å²) in [6, 6.07) is 43.0. The number of pyridine rings is 5. The van der Waals surface area contributed by atoms with Gasteiger partial charge in [-0.05, 0) is 282 Å². The Bertz CT molecular complexity index is 8660. The molecule has 25 rings (SSSR count). The van der Waals surface area contributed by atoms with Gasteiger partial charge in [-0.2, -0.15) is 25.5 Å². The molecule has 17 aromatic heterocycles. The predicted molar refractivity (Wildman–Crippen MR) is 590 cm³/mol. The van der Waals surface area contributed by atoms with E-state index in [2.05, 4.69) is 180 Å². The number of piperazine rings is 2. The third-order valence-electron chi connectivity index (χ3n) is 30.1. The van der Waals surface area contributed by atoms with Crippen molar-refractivity contribution < 1.29 is 0 Å². The Hall–Kier alpha value is -15.7. The number of aromatic nitrogens is 22. The number of hydrogen-bond donors (Lipinski definition) is 3. The second kappa shape index (κ2) is 41.9. The van der Waals surface area contributed by atoms with Gasteiger partial charge in [-0.25, -0.2) is 34.0 Å². The van der Waals surface area contributed by atoms with Crippen LogP contribution in [0.1, 0.15) is 128 Å². The van der Waals surface area contributed by atoms with Gasteiger partial charge in [-0.3, -0.25) is 70.0 Å². The van der Waals surface area contributed by atoms with Crippen LogP contribution in [0.4, 0.5) is 17.1 Å². The summed E-state index contributed by atoms with van der Waals surface area (Å²) in [6.45, 7) is 39.0. The maximum absolute atomic E-state index is 13.1. The summed E-state index contributed by atoms with van der Waals surface area (Å²) in [5.74, 6) is 1.66. The van der Waals surface area contributed by atoms with Gasteiger partial charge in [-0.1, -0.05) is 32.9 Å². The summed E-state index contributed by atoms with van der Waals surface area (Å²) in [7, 11) is 7.98. The lowest BCUT2D eigenvalue weighted by Crippen LogP contribution is -2.49. The van der Waals surface area contributed by atoms with Crippen molar-refractivity contribution in [1.82, 2.24) is 131 Å². The van der Waals surface area contributed by atoms with Crippen molar-refractivity contribution in [2.24, 2.45) is 27.1 Å². The summed E-state index contributed by atoms with van der Waals surface area (Å²) in [5, 5.41) is 35.7. The number of benzene rings is 3. The average molecular weight is 2000 g/mol. The topological polar surface area (TPSA) is 338 Å². The zero-order chi connectivity index (χ0) is 103. The Kier molecular flexibility index (Phi) is 27.9. The van der Waals surface area contributed by atoms with Gasteiger partial charge >= 0.3 is 0 Å². The average Bonchev–Trinajstić information content (AvgIpc) is 1.73. The number of likely N-dealkylation sites (tertiary alicyclic amines) is 1. The molecule has 149 heavy (non-hydrogen) atoms. The van der Waals surface area contributed by atoms with Gasteiger partial charge in [0.1, 0.15) is 39.6 Å². The first-order valence-corrected chi connectivity index (χ1v) is 52.0. The van der Waals surface area contributed by atoms with Crippen LogP contribution in [0, 0.1) is 54.4 Å². The lowest BCUT2D eigenvalue weighted by molar-refractivity contribution is 0.255. The number of fused-ring (bicyclic) bond motifs is 10. The molecule has 3 aromatic carbocycles. The molecular formula is C114H128N30O5. The number of nitrogens with zero attached hydrogens (tertiary/aromatic N) is 27. The molecule has 22 heterocycles. The van der Waals surface area contributed by atoms with Crippen LogP contribution in [-0.4, -0.2) is 233 Å². The quantitative estimate of drug-likeness (QED) is 0.0858. The van der Waals surface area contributed by atoms with Gasteiger partial charge < -0.3 is 40.4 Å². The molecule has 0 saturated carbocycles. The van der Waals surface area contributed by atoms with Crippen LogP contribution in [0.5, 0.6) is 0 Å². The Balaban J connectivity index is 0.000000109. The van der Waals surface area contributed by atoms with Crippen LogP contribution in [0.3, 0.4) is 0 Å². The van der Waals surface area contributed by atoms with Gasteiger partial charge in [0.25, 0.3) is 27.8 Å². The number of hydrogen-bond acceptors (Lipinski definition) is 25. The molecule has 35 heteroatoms. The Labute approximate surface area is 861 Å². The number of aryl methyl sites for hydroxylation is 11. The lowest BCUT2D eigenvalue weighted by Gasteiger charge is -2.33. The van der Waals surface area contributed by atoms with Crippen LogP contribution < -0.4 is 58.4 Å². The fraction of sp³-hybridized carbons (Fsp3) is 0.360. The van der Waals surface area contributed by atoms with Crippen LogP contribution in [0.25, 0.3) is 129 Å². The van der Waals surface area contributed by atoms with Crippen LogP contribution in [0.2, 0.25) is 0 Å². The highest BCUT2D eigenvalue weighted by molar-refractivity contribution is 5.90. The maximum Gasteiger partial charge on any atom is 0.258 e. The molecule has 5 aliphatic rings. The number of piperidine rings is 2. The van der Waals surface area contributed by atoms with Crippen molar-refractivity contribution in [3.63, 3.8) is 0 Å². The van der Waals surface area contributed by atoms with E-state index in [1.54, 1.807) is 52.3 Å². The van der Waals surface area contributed by atoms with Gasteiger partial charge in [0.2, 0.25) is 0 Å². The minimum absolute atomic E-state index is 0.0419. The Morgan fingerprint density at radius 3 is 1.31 bits per heavy atom. The van der Waals surface area contributed by atoms with E-state index >= 15 is 0 Å². The van der Waals surface area contributed by atoms with E-state index in [9.17, 15) is 24.0 Å². The molecule has 0 spiro atoms. The van der Waals surface area contributed by atoms with Gasteiger partial charge in [0, 0.05) is 187 Å². The molecule has 0 unspecified atom stereocenters. The van der Waals surface area contributed by atoms with Crippen LogP contribution >= 0.6 is 0 Å². The molecule has 3 N–H and O–H groups in total. The van der Waals surface area contributed by atoms with E-state index in [0.717, 1.165) is 259 Å². The summed E-state index contributed by atoms with van der Waals surface area (Å²) in [4.78, 5) is 109. The highest BCUT2D eigenvalue weighted by atomic mass is 16.1. The highest BCUT2D eigenvalue weighted by Crippen LogP contribution is 2.36. The molecule has 5 saturated heterocycles. The van der Waals surface area contributed by atoms with E-state index < -0.39 is 0 Å². The molecule has 35 nitrogen and oxygen atoms in total. The minimum atomic E-state index is -0.0983.